The molecule has 1 aliphatic heterocycles. The van der Waals surface area contributed by atoms with Gasteiger partial charge in [-0.3, -0.25) is 9.59 Å². The Balaban J connectivity index is 1.27. The number of hydrogen-bond acceptors (Lipinski definition) is 3. The van der Waals surface area contributed by atoms with Crippen molar-refractivity contribution in [3.63, 3.8) is 0 Å². The van der Waals surface area contributed by atoms with Crippen LogP contribution in [0.5, 0.6) is 5.75 Å². The van der Waals surface area contributed by atoms with Crippen LogP contribution in [0.4, 0.5) is 0 Å². The highest BCUT2D eigenvalue weighted by Gasteiger charge is 2.34. The van der Waals surface area contributed by atoms with Gasteiger partial charge >= 0.3 is 0 Å². The number of nitrogens with one attached hydrogen (secondary N) is 1. The average Bonchev–Trinajstić information content (AvgIpc) is 3.16. The fourth-order valence-electron chi connectivity index (χ4n) is 5.81. The number of fused-ring (bicyclic) bond motifs is 1. The van der Waals surface area contributed by atoms with Gasteiger partial charge in [0.1, 0.15) is 17.9 Å². The van der Waals surface area contributed by atoms with Crippen molar-refractivity contribution in [1.82, 2.24) is 10.2 Å². The van der Waals surface area contributed by atoms with Crippen LogP contribution in [0, 0.1) is 5.92 Å². The second-order valence-corrected chi connectivity index (χ2v) is 10.2. The minimum Gasteiger partial charge on any atom is -0.490 e. The van der Waals surface area contributed by atoms with Crippen molar-refractivity contribution >= 4 is 11.8 Å². The van der Waals surface area contributed by atoms with E-state index in [0.29, 0.717) is 13.1 Å². The number of rotatable bonds is 6. The zero-order valence-corrected chi connectivity index (χ0v) is 20.0. The van der Waals surface area contributed by atoms with Crippen LogP contribution in [0.15, 0.2) is 48.5 Å². The summed E-state index contributed by atoms with van der Waals surface area (Å²) in [6.45, 7) is 1.18. The van der Waals surface area contributed by atoms with Crippen LogP contribution in [0.1, 0.15) is 68.1 Å². The van der Waals surface area contributed by atoms with Crippen molar-refractivity contribution in [3.8, 4) is 5.75 Å². The maximum atomic E-state index is 13.6. The topological polar surface area (TPSA) is 58.6 Å². The van der Waals surface area contributed by atoms with Gasteiger partial charge in [0.05, 0.1) is 0 Å². The van der Waals surface area contributed by atoms with Gasteiger partial charge in [0.25, 0.3) is 0 Å². The second kappa shape index (κ2) is 10.6. The van der Waals surface area contributed by atoms with E-state index in [4.69, 9.17) is 4.74 Å². The third-order valence-corrected chi connectivity index (χ3v) is 7.71. The van der Waals surface area contributed by atoms with Crippen molar-refractivity contribution in [3.05, 3.63) is 65.2 Å². The van der Waals surface area contributed by atoms with Crippen LogP contribution in [0.2, 0.25) is 0 Å². The normalized spacial score (nSPS) is 21.4. The Bertz CT molecular complexity index is 972. The van der Waals surface area contributed by atoms with Crippen molar-refractivity contribution in [2.24, 2.45) is 5.92 Å². The lowest BCUT2D eigenvalue weighted by Crippen LogP contribution is -2.50. The molecule has 1 saturated heterocycles. The van der Waals surface area contributed by atoms with Crippen molar-refractivity contribution < 1.29 is 14.3 Å². The van der Waals surface area contributed by atoms with Gasteiger partial charge in [0, 0.05) is 31.8 Å². The molecule has 0 spiro atoms. The molecule has 1 atom stereocenters. The largest absolute Gasteiger partial charge is 0.490 e. The zero-order chi connectivity index (χ0) is 23.3. The van der Waals surface area contributed by atoms with Crippen molar-refractivity contribution in [2.75, 3.05) is 6.54 Å². The third kappa shape index (κ3) is 5.29. The highest BCUT2D eigenvalue weighted by Crippen LogP contribution is 2.29. The van der Waals surface area contributed by atoms with Crippen LogP contribution in [0.25, 0.3) is 0 Å². The predicted octanol–water partition coefficient (Wildman–Crippen LogP) is 4.81. The molecule has 3 aliphatic rings. The van der Waals surface area contributed by atoms with Crippen LogP contribution >= 0.6 is 0 Å². The van der Waals surface area contributed by atoms with E-state index in [1.54, 1.807) is 0 Å². The molecule has 34 heavy (non-hydrogen) atoms. The minimum absolute atomic E-state index is 0.00223. The lowest BCUT2D eigenvalue weighted by atomic mass is 9.87. The highest BCUT2D eigenvalue weighted by atomic mass is 16.5. The van der Waals surface area contributed by atoms with Gasteiger partial charge in [-0.15, -0.1) is 0 Å². The quantitative estimate of drug-likeness (QED) is 0.673. The predicted molar refractivity (Wildman–Crippen MR) is 132 cm³/mol. The fraction of sp³-hybridized carbons (Fsp3) is 0.517. The maximum Gasteiger partial charge on any atom is 0.242 e. The highest BCUT2D eigenvalue weighted by molar-refractivity contribution is 5.88. The molecule has 0 radical (unpaired) electrons. The monoisotopic (exact) mass is 460 g/mol. The number of hydrogen-bond donors (Lipinski definition) is 1. The van der Waals surface area contributed by atoms with Gasteiger partial charge in [-0.1, -0.05) is 55.7 Å². The first-order valence-corrected chi connectivity index (χ1v) is 13.1. The van der Waals surface area contributed by atoms with E-state index in [2.05, 4.69) is 29.6 Å². The molecule has 0 unspecified atom stereocenters. The maximum absolute atomic E-state index is 13.6. The zero-order valence-electron chi connectivity index (χ0n) is 20.0. The first-order chi connectivity index (χ1) is 16.7. The van der Waals surface area contributed by atoms with Gasteiger partial charge in [-0.05, 0) is 60.9 Å². The Labute approximate surface area is 202 Å². The van der Waals surface area contributed by atoms with Crippen LogP contribution in [-0.2, 0) is 29.0 Å². The molecule has 5 rings (SSSR count). The first-order valence-electron chi connectivity index (χ1n) is 13.1. The van der Waals surface area contributed by atoms with Gasteiger partial charge in [-0.25, -0.2) is 0 Å². The molecule has 2 amide bonds. The average molecular weight is 461 g/mol. The third-order valence-electron chi connectivity index (χ3n) is 7.71. The summed E-state index contributed by atoms with van der Waals surface area (Å²) < 4.78 is 6.27. The number of carbonyl (C=O) groups excluding carboxylic acids is 2. The van der Waals surface area contributed by atoms with E-state index in [0.717, 1.165) is 69.1 Å². The number of ether oxygens (including phenoxy) is 1. The molecule has 5 nitrogen and oxygen atoms in total. The summed E-state index contributed by atoms with van der Waals surface area (Å²) in [7, 11) is 0. The Morgan fingerprint density at radius 3 is 2.26 bits per heavy atom. The summed E-state index contributed by atoms with van der Waals surface area (Å²) in [6.07, 6.45) is 10.1. The molecule has 1 N–H and O–H groups in total. The molecule has 2 aromatic rings. The van der Waals surface area contributed by atoms with Gasteiger partial charge in [0.15, 0.2) is 0 Å². The summed E-state index contributed by atoms with van der Waals surface area (Å²) in [5, 5.41) is 3.02. The lowest BCUT2D eigenvalue weighted by molar-refractivity contribution is -0.145. The molecule has 2 fully saturated rings. The molecule has 2 aliphatic carbocycles. The smallest absolute Gasteiger partial charge is 0.242 e. The Kier molecular flexibility index (Phi) is 7.17. The van der Waals surface area contributed by atoms with Gasteiger partial charge < -0.3 is 15.0 Å². The minimum atomic E-state index is -0.371. The molecule has 0 aromatic heterocycles. The second-order valence-electron chi connectivity index (χ2n) is 10.2. The summed E-state index contributed by atoms with van der Waals surface area (Å²) in [5.74, 6) is 1.07. The Hall–Kier alpha value is -2.82. The van der Waals surface area contributed by atoms with E-state index in [1.165, 1.54) is 17.5 Å². The molecular formula is C29H36N2O3. The Morgan fingerprint density at radius 1 is 0.882 bits per heavy atom. The van der Waals surface area contributed by atoms with E-state index >= 15 is 0 Å². The van der Waals surface area contributed by atoms with E-state index in [-0.39, 0.29) is 29.9 Å². The first kappa shape index (κ1) is 22.9. The molecule has 1 saturated carbocycles. The number of amides is 2. The molecule has 0 bridgehead atoms. The number of carbonyl (C=O) groups is 2. The summed E-state index contributed by atoms with van der Waals surface area (Å²) >= 11 is 0. The summed E-state index contributed by atoms with van der Waals surface area (Å²) in [6, 6.07) is 16.3. The van der Waals surface area contributed by atoms with E-state index in [9.17, 15) is 9.59 Å². The molecule has 180 valence electrons. The summed E-state index contributed by atoms with van der Waals surface area (Å²) in [5.41, 5.74) is 3.80. The van der Waals surface area contributed by atoms with Gasteiger partial charge in [0.2, 0.25) is 11.8 Å². The molecule has 5 heteroatoms. The van der Waals surface area contributed by atoms with Crippen LogP contribution in [0.3, 0.4) is 0 Å². The van der Waals surface area contributed by atoms with Crippen molar-refractivity contribution in [1.29, 1.82) is 0 Å². The van der Waals surface area contributed by atoms with E-state index < -0.39 is 0 Å². The Morgan fingerprint density at radius 2 is 1.56 bits per heavy atom. The number of benzene rings is 2. The number of nitrogens with zero attached hydrogens (tertiary/aromatic N) is 1. The van der Waals surface area contributed by atoms with Crippen LogP contribution < -0.4 is 10.1 Å². The SMILES string of the molecule is O=C1NCCCC[C@@H]1N(Cc1ccc(OC2Cc3ccccc3C2)cc1)C(=O)C1CCCCC1. The lowest BCUT2D eigenvalue weighted by Gasteiger charge is -2.34. The molecule has 2 aromatic carbocycles. The van der Waals surface area contributed by atoms with E-state index in [1.807, 2.05) is 29.2 Å². The van der Waals surface area contributed by atoms with Crippen molar-refractivity contribution in [2.45, 2.75) is 82.9 Å². The van der Waals surface area contributed by atoms with Gasteiger partial charge in [-0.2, -0.15) is 0 Å². The summed E-state index contributed by atoms with van der Waals surface area (Å²) in [4.78, 5) is 28.3. The fourth-order valence-corrected chi connectivity index (χ4v) is 5.81. The standard InChI is InChI=1S/C29H36N2O3/c32-28-27(12-6-7-17-30-28)31(29(33)22-8-2-1-3-9-22)20-21-13-15-25(16-14-21)34-26-18-23-10-4-5-11-24(23)19-26/h4-5,10-11,13-16,22,26-27H,1-3,6-9,12,17-20H2,(H,30,32)/t27-/m0/s1. The molecular weight excluding hydrogens is 424 g/mol. The van der Waals surface area contributed by atoms with Crippen LogP contribution in [-0.4, -0.2) is 35.4 Å². The molecule has 1 heterocycles.